The van der Waals surface area contributed by atoms with Crippen molar-refractivity contribution >= 4 is 28.2 Å². The van der Waals surface area contributed by atoms with E-state index in [0.29, 0.717) is 16.4 Å². The Morgan fingerprint density at radius 1 is 1.16 bits per heavy atom. The maximum Gasteiger partial charge on any atom is 0.130 e. The van der Waals surface area contributed by atoms with Crippen molar-refractivity contribution in [3.8, 4) is 11.8 Å². The molecular weight excluding hydrogens is 258 g/mol. The third-order valence-corrected chi connectivity index (χ3v) is 3.00. The SMILES string of the molecule is Nc1cnc(Cl)cc1C#Cc1ccc2[nH]ccc2c1. The van der Waals surface area contributed by atoms with Crippen LogP contribution in [0.4, 0.5) is 5.69 Å². The Labute approximate surface area is 115 Å². The lowest BCUT2D eigenvalue weighted by atomic mass is 10.1. The summed E-state index contributed by atoms with van der Waals surface area (Å²) in [6, 6.07) is 9.67. The molecule has 0 fully saturated rings. The van der Waals surface area contributed by atoms with Crippen LogP contribution in [0.5, 0.6) is 0 Å². The molecule has 0 aliphatic heterocycles. The minimum Gasteiger partial charge on any atom is -0.396 e. The molecule has 19 heavy (non-hydrogen) atoms. The summed E-state index contributed by atoms with van der Waals surface area (Å²) in [7, 11) is 0. The molecule has 0 unspecified atom stereocenters. The maximum atomic E-state index is 5.82. The van der Waals surface area contributed by atoms with E-state index in [1.54, 1.807) is 6.07 Å². The number of nitrogens with two attached hydrogens (primary N) is 1. The van der Waals surface area contributed by atoms with Gasteiger partial charge in [-0.2, -0.15) is 0 Å². The molecule has 0 radical (unpaired) electrons. The second kappa shape index (κ2) is 4.68. The summed E-state index contributed by atoms with van der Waals surface area (Å²) in [5.74, 6) is 6.10. The highest BCUT2D eigenvalue weighted by Crippen LogP contribution is 2.15. The second-order valence-corrected chi connectivity index (χ2v) is 4.51. The van der Waals surface area contributed by atoms with Crippen LogP contribution in [0.25, 0.3) is 10.9 Å². The Bertz CT molecular complexity index is 809. The monoisotopic (exact) mass is 267 g/mol. The number of aromatic nitrogens is 2. The molecule has 3 aromatic rings. The van der Waals surface area contributed by atoms with Gasteiger partial charge in [0.1, 0.15) is 5.15 Å². The van der Waals surface area contributed by atoms with Crippen LogP contribution in [-0.4, -0.2) is 9.97 Å². The molecule has 4 heteroatoms. The summed E-state index contributed by atoms with van der Waals surface area (Å²) in [6.07, 6.45) is 3.42. The van der Waals surface area contributed by atoms with E-state index in [2.05, 4.69) is 21.8 Å². The van der Waals surface area contributed by atoms with Crippen LogP contribution < -0.4 is 5.73 Å². The third-order valence-electron chi connectivity index (χ3n) is 2.80. The van der Waals surface area contributed by atoms with Gasteiger partial charge in [-0.25, -0.2) is 4.98 Å². The molecular formula is C15H10ClN3. The number of anilines is 1. The van der Waals surface area contributed by atoms with Gasteiger partial charge in [0, 0.05) is 22.7 Å². The van der Waals surface area contributed by atoms with Crippen LogP contribution >= 0.6 is 11.6 Å². The van der Waals surface area contributed by atoms with Crippen molar-refractivity contribution in [3.63, 3.8) is 0 Å². The number of benzene rings is 1. The highest BCUT2D eigenvalue weighted by Gasteiger charge is 1.98. The van der Waals surface area contributed by atoms with Crippen molar-refractivity contribution in [2.45, 2.75) is 0 Å². The first-order valence-corrected chi connectivity index (χ1v) is 6.10. The smallest absolute Gasteiger partial charge is 0.130 e. The number of fused-ring (bicyclic) bond motifs is 1. The zero-order valence-corrected chi connectivity index (χ0v) is 10.7. The Kier molecular flexibility index (Phi) is 2.86. The predicted molar refractivity (Wildman–Crippen MR) is 77.9 cm³/mol. The van der Waals surface area contributed by atoms with Crippen molar-refractivity contribution < 1.29 is 0 Å². The minimum atomic E-state index is 0.389. The number of nitrogens with one attached hydrogen (secondary N) is 1. The van der Waals surface area contributed by atoms with Gasteiger partial charge < -0.3 is 10.7 Å². The molecule has 0 spiro atoms. The second-order valence-electron chi connectivity index (χ2n) is 4.12. The van der Waals surface area contributed by atoms with Crippen molar-refractivity contribution in [2.75, 3.05) is 5.73 Å². The van der Waals surface area contributed by atoms with E-state index in [1.807, 2.05) is 30.5 Å². The van der Waals surface area contributed by atoms with Gasteiger partial charge in [-0.3, -0.25) is 0 Å². The van der Waals surface area contributed by atoms with Gasteiger partial charge in [-0.15, -0.1) is 0 Å². The van der Waals surface area contributed by atoms with Crippen molar-refractivity contribution in [3.05, 3.63) is 59.0 Å². The van der Waals surface area contributed by atoms with Crippen molar-refractivity contribution in [1.29, 1.82) is 0 Å². The van der Waals surface area contributed by atoms with E-state index < -0.39 is 0 Å². The zero-order valence-electron chi connectivity index (χ0n) is 9.94. The molecule has 2 heterocycles. The van der Waals surface area contributed by atoms with E-state index in [1.165, 1.54) is 6.20 Å². The minimum absolute atomic E-state index is 0.389. The number of nitrogens with zero attached hydrogens (tertiary/aromatic N) is 1. The fraction of sp³-hybridized carbons (Fsp3) is 0. The first-order chi connectivity index (χ1) is 9.22. The number of H-pyrrole nitrogens is 1. The van der Waals surface area contributed by atoms with Gasteiger partial charge in [-0.05, 0) is 30.3 Å². The molecule has 3 nitrogen and oxygen atoms in total. The van der Waals surface area contributed by atoms with Crippen LogP contribution in [0.2, 0.25) is 5.15 Å². The van der Waals surface area contributed by atoms with E-state index in [9.17, 15) is 0 Å². The highest BCUT2D eigenvalue weighted by atomic mass is 35.5. The molecule has 3 N–H and O–H groups in total. The molecule has 0 saturated heterocycles. The normalized spacial score (nSPS) is 10.2. The summed E-state index contributed by atoms with van der Waals surface area (Å²) in [5.41, 5.74) is 9.04. The van der Waals surface area contributed by atoms with Crippen LogP contribution in [0.3, 0.4) is 0 Å². The molecule has 2 aromatic heterocycles. The molecule has 0 saturated carbocycles. The van der Waals surface area contributed by atoms with Gasteiger partial charge >= 0.3 is 0 Å². The topological polar surface area (TPSA) is 54.7 Å². The maximum absolute atomic E-state index is 5.82. The van der Waals surface area contributed by atoms with Crippen LogP contribution in [0, 0.1) is 11.8 Å². The summed E-state index contributed by atoms with van der Waals surface area (Å²) >= 11 is 5.82. The highest BCUT2D eigenvalue weighted by molar-refractivity contribution is 6.29. The van der Waals surface area contributed by atoms with Crippen molar-refractivity contribution in [1.82, 2.24) is 9.97 Å². The van der Waals surface area contributed by atoms with Crippen LogP contribution in [0.1, 0.15) is 11.1 Å². The van der Waals surface area contributed by atoms with Gasteiger partial charge in [0.05, 0.1) is 17.4 Å². The quantitative estimate of drug-likeness (QED) is 0.485. The molecule has 0 bridgehead atoms. The lowest BCUT2D eigenvalue weighted by Gasteiger charge is -1.97. The van der Waals surface area contributed by atoms with Gasteiger partial charge in [-0.1, -0.05) is 23.4 Å². The third kappa shape index (κ3) is 2.40. The summed E-state index contributed by atoms with van der Waals surface area (Å²) in [5, 5.41) is 1.52. The molecule has 0 atom stereocenters. The largest absolute Gasteiger partial charge is 0.396 e. The van der Waals surface area contributed by atoms with Crippen LogP contribution in [-0.2, 0) is 0 Å². The number of aromatic amines is 1. The van der Waals surface area contributed by atoms with Gasteiger partial charge in [0.15, 0.2) is 0 Å². The fourth-order valence-electron chi connectivity index (χ4n) is 1.82. The van der Waals surface area contributed by atoms with E-state index >= 15 is 0 Å². The Hall–Kier alpha value is -2.44. The number of nitrogen functional groups attached to an aromatic ring is 1. The fourth-order valence-corrected chi connectivity index (χ4v) is 1.98. The number of hydrogen-bond donors (Lipinski definition) is 2. The number of rotatable bonds is 0. The Morgan fingerprint density at radius 2 is 2.05 bits per heavy atom. The average Bonchev–Trinajstić information content (AvgIpc) is 2.87. The van der Waals surface area contributed by atoms with E-state index in [-0.39, 0.29) is 0 Å². The molecule has 0 aliphatic carbocycles. The van der Waals surface area contributed by atoms with Gasteiger partial charge in [0.25, 0.3) is 0 Å². The molecule has 0 amide bonds. The molecule has 3 rings (SSSR count). The standard InChI is InChI=1S/C15H10ClN3/c16-15-8-11(13(17)9-19-15)3-1-10-2-4-14-12(7-10)5-6-18-14/h2,4-9,18H,17H2. The van der Waals surface area contributed by atoms with Crippen molar-refractivity contribution in [2.24, 2.45) is 0 Å². The summed E-state index contributed by atoms with van der Waals surface area (Å²) in [6.45, 7) is 0. The Balaban J connectivity index is 2.00. The average molecular weight is 268 g/mol. The summed E-state index contributed by atoms with van der Waals surface area (Å²) in [4.78, 5) is 7.04. The lowest BCUT2D eigenvalue weighted by molar-refractivity contribution is 1.32. The first-order valence-electron chi connectivity index (χ1n) is 5.72. The predicted octanol–water partition coefficient (Wildman–Crippen LogP) is 3.20. The lowest BCUT2D eigenvalue weighted by Crippen LogP contribution is -1.91. The molecule has 0 aliphatic rings. The molecule has 92 valence electrons. The zero-order chi connectivity index (χ0) is 13.2. The Morgan fingerprint density at radius 3 is 2.95 bits per heavy atom. The summed E-state index contributed by atoms with van der Waals surface area (Å²) < 4.78 is 0. The number of pyridine rings is 1. The van der Waals surface area contributed by atoms with Gasteiger partial charge in [0.2, 0.25) is 0 Å². The van der Waals surface area contributed by atoms with E-state index in [0.717, 1.165) is 16.5 Å². The molecule has 1 aromatic carbocycles. The number of hydrogen-bond acceptors (Lipinski definition) is 2. The first kappa shape index (κ1) is 11.6. The van der Waals surface area contributed by atoms with Crippen LogP contribution in [0.15, 0.2) is 42.7 Å². The van der Waals surface area contributed by atoms with E-state index in [4.69, 9.17) is 17.3 Å². The number of halogens is 1.